The lowest BCUT2D eigenvalue weighted by molar-refractivity contribution is -0.138. The van der Waals surface area contributed by atoms with Crippen molar-refractivity contribution in [2.45, 2.75) is 72.2 Å². The first kappa shape index (κ1) is 77.9. The van der Waals surface area contributed by atoms with Crippen LogP contribution in [0.15, 0.2) is 151 Å². The first-order chi connectivity index (χ1) is 45.2. The maximum Gasteiger partial charge on any atom is 0.303 e. The monoisotopic (exact) mass is 1370 g/mol. The highest BCUT2D eigenvalue weighted by Gasteiger charge is 2.56. The maximum absolute atomic E-state index is 14.7. The topological polar surface area (TPSA) is 309 Å². The quantitative estimate of drug-likeness (QED) is 0.00573. The molecule has 3 atom stereocenters. The van der Waals surface area contributed by atoms with Crippen molar-refractivity contribution in [3.8, 4) is 34.5 Å². The van der Waals surface area contributed by atoms with Crippen LogP contribution in [0.25, 0.3) is 30.4 Å². The third-order valence-corrected chi connectivity index (χ3v) is 15.4. The lowest BCUT2D eigenvalue weighted by atomic mass is 9.64. The molecule has 7 rings (SSSR count). The highest BCUT2D eigenvalue weighted by molar-refractivity contribution is 9.09. The first-order valence-corrected chi connectivity index (χ1v) is 30.2. The van der Waals surface area contributed by atoms with Gasteiger partial charge in [0.25, 0.3) is 0 Å². The van der Waals surface area contributed by atoms with Crippen LogP contribution in [-0.4, -0.2) is 119 Å². The predicted molar refractivity (Wildman–Crippen MR) is 365 cm³/mol. The Balaban J connectivity index is 0.000000443. The Morgan fingerprint density at radius 1 is 0.484 bits per heavy atom. The number of ketones is 5. The van der Waals surface area contributed by atoms with E-state index in [1.54, 1.807) is 128 Å². The molecule has 0 heterocycles. The van der Waals surface area contributed by atoms with Gasteiger partial charge in [-0.2, -0.15) is 0 Å². The normalized spacial score (nSPS) is 14.8. The highest BCUT2D eigenvalue weighted by atomic mass is 79.9. The van der Waals surface area contributed by atoms with Gasteiger partial charge in [-0.3, -0.25) is 28.8 Å². The Morgan fingerprint density at radius 2 is 0.842 bits per heavy atom. The summed E-state index contributed by atoms with van der Waals surface area (Å²) in [5.74, 6) is -3.18. The molecular weight excluding hydrogens is 1290 g/mol. The van der Waals surface area contributed by atoms with Crippen LogP contribution in [0, 0.1) is 11.8 Å². The van der Waals surface area contributed by atoms with Crippen LogP contribution in [-0.2, 0) is 78.6 Å². The Bertz CT molecular complexity index is 3740. The number of rotatable bonds is 29. The Kier molecular flexibility index (Phi) is 32.1. The van der Waals surface area contributed by atoms with E-state index in [9.17, 15) is 64.5 Å². The van der Waals surface area contributed by atoms with Crippen molar-refractivity contribution in [2.75, 3.05) is 48.2 Å². The van der Waals surface area contributed by atoms with Gasteiger partial charge in [-0.1, -0.05) is 92.4 Å². The van der Waals surface area contributed by atoms with Crippen LogP contribution in [0.1, 0.15) is 94.0 Å². The van der Waals surface area contributed by atoms with E-state index >= 15 is 0 Å². The molecule has 1 aliphatic rings. The number of carbonyl (C=O) groups is 6. The molecule has 504 valence electrons. The SMILES string of the molecule is C.CC(=O)OCBr.COc1ccc(/C=C/C(=O)/C=C(O)/C=C/c2ccc(CO)c(CO)c2)cc1OC.COc1ccc(/C=C/C(=O)C(C(=O)/C=C/c2ccc(CO)c(CO)c2)C2(c3ccc(OC)c(OC)c3)CC(=O)C(C(=O)/C=C/c3ccc(CO)c(CO)c3)C2)cc1OC. The summed E-state index contributed by atoms with van der Waals surface area (Å²) in [5.41, 5.74) is 5.50. The second-order valence-electron chi connectivity index (χ2n) is 20.9. The van der Waals surface area contributed by atoms with Gasteiger partial charge in [-0.15, -0.1) is 0 Å². The van der Waals surface area contributed by atoms with Crippen molar-refractivity contribution in [3.05, 3.63) is 218 Å². The molecule has 1 saturated carbocycles. The third kappa shape index (κ3) is 21.7. The summed E-state index contributed by atoms with van der Waals surface area (Å²) in [6.07, 6.45) is 14.8. The Morgan fingerprint density at radius 3 is 1.22 bits per heavy atom. The van der Waals surface area contributed by atoms with Crippen molar-refractivity contribution in [3.63, 3.8) is 0 Å². The van der Waals surface area contributed by atoms with Gasteiger partial charge in [0.05, 0.1) is 94.1 Å². The zero-order chi connectivity index (χ0) is 68.9. The minimum atomic E-state index is -1.55. The van der Waals surface area contributed by atoms with E-state index in [0.717, 1.165) is 17.2 Å². The summed E-state index contributed by atoms with van der Waals surface area (Å²) in [6, 6.07) is 30.2. The summed E-state index contributed by atoms with van der Waals surface area (Å²) in [4.78, 5) is 79.4. The van der Waals surface area contributed by atoms with Gasteiger partial charge in [0, 0.05) is 24.8 Å². The Hall–Kier alpha value is -9.58. The number of Topliss-reactive ketones (excluding diaryl/α,β-unsaturated/α-hetero) is 1. The van der Waals surface area contributed by atoms with E-state index in [1.165, 1.54) is 91.1 Å². The number of allylic oxidation sites excluding steroid dienone is 6. The summed E-state index contributed by atoms with van der Waals surface area (Å²) in [6.45, 7) is -0.233. The second-order valence-corrected chi connectivity index (χ2v) is 21.4. The maximum atomic E-state index is 14.7. The Labute approximate surface area is 561 Å². The van der Waals surface area contributed by atoms with Crippen molar-refractivity contribution >= 4 is 81.2 Å². The lowest BCUT2D eigenvalue weighted by Gasteiger charge is -2.35. The number of hydrogen-bond acceptors (Lipinski definition) is 20. The number of aliphatic hydroxyl groups excluding tert-OH is 7. The smallest absolute Gasteiger partial charge is 0.303 e. The van der Waals surface area contributed by atoms with Gasteiger partial charge in [0.15, 0.2) is 57.6 Å². The molecule has 6 aromatic carbocycles. The predicted octanol–water partition coefficient (Wildman–Crippen LogP) is 10.3. The number of ether oxygens (including phenoxy) is 7. The van der Waals surface area contributed by atoms with Gasteiger partial charge in [-0.25, -0.2) is 0 Å². The van der Waals surface area contributed by atoms with Crippen LogP contribution in [0.2, 0.25) is 0 Å². The molecule has 95 heavy (non-hydrogen) atoms. The molecule has 7 N–H and O–H groups in total. The van der Waals surface area contributed by atoms with Crippen LogP contribution < -0.4 is 28.4 Å². The molecule has 0 aromatic heterocycles. The van der Waals surface area contributed by atoms with Crippen LogP contribution in [0.3, 0.4) is 0 Å². The largest absolute Gasteiger partial charge is 0.508 e. The molecule has 0 saturated heterocycles. The van der Waals surface area contributed by atoms with Gasteiger partial charge in [0.2, 0.25) is 0 Å². The number of hydrogen-bond donors (Lipinski definition) is 7. The van der Waals surface area contributed by atoms with E-state index in [0.29, 0.717) is 89.9 Å². The van der Waals surface area contributed by atoms with Gasteiger partial charge < -0.3 is 68.9 Å². The molecule has 0 spiro atoms. The van der Waals surface area contributed by atoms with Crippen LogP contribution in [0.4, 0.5) is 0 Å². The van der Waals surface area contributed by atoms with Gasteiger partial charge in [-0.05, 0) is 174 Å². The summed E-state index contributed by atoms with van der Waals surface area (Å²) < 4.78 is 36.6. The minimum Gasteiger partial charge on any atom is -0.508 e. The molecule has 6 aromatic rings. The average Bonchev–Trinajstić information content (AvgIpc) is 1.65. The van der Waals surface area contributed by atoms with Crippen LogP contribution >= 0.6 is 15.9 Å². The van der Waals surface area contributed by atoms with E-state index in [-0.39, 0.29) is 83.2 Å². The zero-order valence-electron chi connectivity index (χ0n) is 53.1. The fraction of sp³-hybridized carbons (Fsp3) is 0.270. The van der Waals surface area contributed by atoms with Crippen LogP contribution in [0.5, 0.6) is 34.5 Å². The van der Waals surface area contributed by atoms with E-state index in [1.807, 2.05) is 0 Å². The van der Waals surface area contributed by atoms with E-state index < -0.39 is 40.4 Å². The zero-order valence-corrected chi connectivity index (χ0v) is 54.7. The van der Waals surface area contributed by atoms with E-state index in [2.05, 4.69) is 20.7 Å². The number of methoxy groups -OCH3 is 6. The van der Waals surface area contributed by atoms with Gasteiger partial charge in [0.1, 0.15) is 17.1 Å². The first-order valence-electron chi connectivity index (χ1n) is 29.1. The number of aliphatic hydroxyl groups is 7. The second kappa shape index (κ2) is 39.2. The molecule has 21 heteroatoms. The molecule has 1 fully saturated rings. The fourth-order valence-electron chi connectivity index (χ4n) is 10.3. The lowest BCUT2D eigenvalue weighted by Crippen LogP contribution is -2.42. The van der Waals surface area contributed by atoms with Crippen molar-refractivity contribution in [1.29, 1.82) is 0 Å². The number of esters is 1. The third-order valence-electron chi connectivity index (χ3n) is 15.2. The minimum absolute atomic E-state index is 0. The summed E-state index contributed by atoms with van der Waals surface area (Å²) in [7, 11) is 8.95. The highest BCUT2D eigenvalue weighted by Crippen LogP contribution is 2.51. The summed E-state index contributed by atoms with van der Waals surface area (Å²) >= 11 is 2.91. The van der Waals surface area contributed by atoms with Crippen molar-refractivity contribution < 1.29 is 97.7 Å². The average molecular weight is 1370 g/mol. The number of alkyl halides is 1. The van der Waals surface area contributed by atoms with Crippen molar-refractivity contribution in [1.82, 2.24) is 0 Å². The molecule has 0 radical (unpaired) electrons. The molecule has 1 aliphatic carbocycles. The molecule has 3 unspecified atom stereocenters. The van der Waals surface area contributed by atoms with Gasteiger partial charge >= 0.3 is 5.97 Å². The number of carbonyl (C=O) groups excluding carboxylic acids is 6. The molecule has 0 bridgehead atoms. The van der Waals surface area contributed by atoms with E-state index in [4.69, 9.17) is 28.4 Å². The standard InChI is InChI=1S/C47H48O12.C23H24O6.C3H5BrO2.CH4/c1-56-42-17-10-31(21-44(42)58-3)9-16-40(54)46(39(53)15-8-30-6-12-33(26-49)35(20-30)28-51)47(36-13-18-43(57-2)45(22-36)59-4)23-37(41(55)24-47)38(52)14-7-29-5-11-32(25-48)34(19-29)27-50;1-28-22-10-6-17(12-23(22)29-2)5-9-21(27)13-20(26)8-4-16-3-7-18(14-24)19(11-16)15-25;1-3(5)6-2-4;/h5-22,37,46,48-51H,23-28H2,1-4H3;3-13,24-26H,14-15H2,1-2H3;2H2,1H3;1H4/b14-7+,15-8+,16-9+;8-4+,9-5+,20-13-;;. The number of halogens is 1. The molecule has 0 amide bonds. The molecular formula is C74H81BrO20. The molecule has 0 aliphatic heterocycles. The molecule has 20 nitrogen and oxygen atoms in total. The fourth-order valence-corrected chi connectivity index (χ4v) is 10.6. The number of benzene rings is 6. The summed E-state index contributed by atoms with van der Waals surface area (Å²) in [5, 5.41) is 67.4. The van der Waals surface area contributed by atoms with Crippen molar-refractivity contribution in [2.24, 2.45) is 11.8 Å².